The third-order valence-corrected chi connectivity index (χ3v) is 9.60. The van der Waals surface area contributed by atoms with Gasteiger partial charge in [0, 0.05) is 42.5 Å². The Balaban J connectivity index is 1.38. The zero-order valence-corrected chi connectivity index (χ0v) is 25.8. The highest BCUT2D eigenvalue weighted by Crippen LogP contribution is 2.34. The number of nitrogens with one attached hydrogen (secondary N) is 2. The first-order chi connectivity index (χ1) is 21.4. The smallest absolute Gasteiger partial charge is 0.323 e. The number of carbonyl (C=O) groups excluding carboxylic acids is 2. The number of nitrogens with zero attached hydrogens (tertiary/aromatic N) is 2. The number of amides is 3. The van der Waals surface area contributed by atoms with Gasteiger partial charge in [-0.1, -0.05) is 6.92 Å². The van der Waals surface area contributed by atoms with E-state index >= 15 is 0 Å². The van der Waals surface area contributed by atoms with Crippen LogP contribution in [0.1, 0.15) is 19.4 Å². The molecule has 2 aliphatic heterocycles. The number of urea groups is 1. The lowest BCUT2D eigenvalue weighted by molar-refractivity contribution is -0.134. The Morgan fingerprint density at radius 1 is 1.04 bits per heavy atom. The van der Waals surface area contributed by atoms with E-state index in [1.54, 1.807) is 48.2 Å². The van der Waals surface area contributed by atoms with E-state index in [0.717, 1.165) is 16.4 Å². The summed E-state index contributed by atoms with van der Waals surface area (Å²) in [6.07, 6.45) is -0.793. The van der Waals surface area contributed by atoms with Crippen LogP contribution in [0.25, 0.3) is 0 Å². The van der Waals surface area contributed by atoms with Gasteiger partial charge in [0.2, 0.25) is 22.7 Å². The Bertz CT molecular complexity index is 1670. The summed E-state index contributed by atoms with van der Waals surface area (Å²) in [7, 11) is -2.57. The van der Waals surface area contributed by atoms with Crippen molar-refractivity contribution in [2.24, 2.45) is 5.92 Å². The molecule has 0 unspecified atom stereocenters. The van der Waals surface area contributed by atoms with Crippen molar-refractivity contribution in [2.75, 3.05) is 44.2 Å². The van der Waals surface area contributed by atoms with Crippen LogP contribution in [-0.2, 0) is 21.2 Å². The van der Waals surface area contributed by atoms with Crippen LogP contribution in [0.4, 0.5) is 20.6 Å². The average Bonchev–Trinajstić information content (AvgIpc) is 3.49. The van der Waals surface area contributed by atoms with Gasteiger partial charge in [-0.15, -0.1) is 0 Å². The van der Waals surface area contributed by atoms with Gasteiger partial charge in [-0.2, -0.15) is 4.31 Å². The van der Waals surface area contributed by atoms with E-state index in [-0.39, 0.29) is 49.6 Å². The molecule has 3 aromatic rings. The van der Waals surface area contributed by atoms with Crippen molar-refractivity contribution in [3.8, 4) is 17.2 Å². The minimum atomic E-state index is -3.98. The van der Waals surface area contributed by atoms with Gasteiger partial charge in [0.15, 0.2) is 11.5 Å². The lowest BCUT2D eigenvalue weighted by Crippen LogP contribution is -2.48. The molecule has 14 heteroatoms. The number of hydrogen-bond acceptors (Lipinski definition) is 8. The maximum atomic E-state index is 13.5. The Morgan fingerprint density at radius 3 is 2.38 bits per heavy atom. The maximum absolute atomic E-state index is 13.5. The van der Waals surface area contributed by atoms with Crippen molar-refractivity contribution in [3.63, 3.8) is 0 Å². The molecule has 12 nitrogen and oxygen atoms in total. The normalized spacial score (nSPS) is 18.7. The zero-order valence-electron chi connectivity index (χ0n) is 25.0. The third kappa shape index (κ3) is 7.30. The number of carbonyl (C=O) groups is 2. The van der Waals surface area contributed by atoms with Crippen molar-refractivity contribution >= 4 is 33.3 Å². The molecule has 2 aliphatic rings. The highest BCUT2D eigenvalue weighted by molar-refractivity contribution is 7.89. The number of ether oxygens (including phenoxy) is 3. The molecule has 0 fully saturated rings. The van der Waals surface area contributed by atoms with Gasteiger partial charge < -0.3 is 34.9 Å². The SMILES string of the molecule is C[C@H]1CN([C@@H](C)CO)C(=O)Cc2cc(NC(=O)Nc3ccc4c(c3)OCO4)ccc2O[C@@H]1CN(C)S(=O)(=O)c1ccc(F)cc1. The van der Waals surface area contributed by atoms with E-state index in [1.165, 1.54) is 19.2 Å². The molecular weight excluding hydrogens is 607 g/mol. The molecule has 3 atom stereocenters. The Kier molecular flexibility index (Phi) is 9.46. The largest absolute Gasteiger partial charge is 0.488 e. The lowest BCUT2D eigenvalue weighted by atomic mass is 10.0. The monoisotopic (exact) mass is 642 g/mol. The molecule has 5 rings (SSSR count). The van der Waals surface area contributed by atoms with Crippen LogP contribution in [0, 0.1) is 11.7 Å². The van der Waals surface area contributed by atoms with E-state index < -0.39 is 34.0 Å². The summed E-state index contributed by atoms with van der Waals surface area (Å²) in [6.45, 7) is 3.53. The number of aliphatic hydroxyl groups is 1. The Morgan fingerprint density at radius 2 is 1.69 bits per heavy atom. The fourth-order valence-electron chi connectivity index (χ4n) is 5.13. The van der Waals surface area contributed by atoms with Crippen LogP contribution in [0.2, 0.25) is 0 Å². The molecule has 3 N–H and O–H groups in total. The van der Waals surface area contributed by atoms with Crippen molar-refractivity contribution in [3.05, 3.63) is 72.0 Å². The molecule has 0 spiro atoms. The van der Waals surface area contributed by atoms with E-state index in [0.29, 0.717) is 34.2 Å². The number of rotatable bonds is 8. The molecule has 240 valence electrons. The predicted molar refractivity (Wildman–Crippen MR) is 163 cm³/mol. The molecular formula is C31H35FN4O8S. The first-order valence-corrected chi connectivity index (χ1v) is 15.8. The fraction of sp³-hybridized carbons (Fsp3) is 0.355. The molecule has 3 amide bonds. The number of benzene rings is 3. The van der Waals surface area contributed by atoms with Crippen molar-refractivity contribution in [1.29, 1.82) is 0 Å². The minimum absolute atomic E-state index is 0.0667. The minimum Gasteiger partial charge on any atom is -0.488 e. The van der Waals surface area contributed by atoms with Gasteiger partial charge in [0.25, 0.3) is 0 Å². The number of aliphatic hydroxyl groups excluding tert-OH is 1. The Hall–Kier alpha value is -4.40. The number of fused-ring (bicyclic) bond motifs is 2. The van der Waals surface area contributed by atoms with Gasteiger partial charge in [-0.25, -0.2) is 17.6 Å². The Labute approximate surface area is 260 Å². The maximum Gasteiger partial charge on any atom is 0.323 e. The van der Waals surface area contributed by atoms with E-state index in [2.05, 4.69) is 10.6 Å². The number of anilines is 2. The summed E-state index contributed by atoms with van der Waals surface area (Å²) in [5.41, 5.74) is 1.35. The second-order valence-electron chi connectivity index (χ2n) is 11.1. The summed E-state index contributed by atoms with van der Waals surface area (Å²) in [6, 6.07) is 13.4. The van der Waals surface area contributed by atoms with Crippen molar-refractivity contribution in [2.45, 2.75) is 37.3 Å². The standard InChI is InChI=1S/C31H35FN4O8S/c1-19-15-36(20(2)17-37)30(38)13-21-12-23(33-31(39)34-24-7-11-27-28(14-24)43-18-42-27)6-10-26(21)44-29(19)16-35(3)45(40,41)25-8-4-22(32)5-9-25/h4-12,14,19-20,29,37H,13,15-18H2,1-3H3,(H2,33,34,39)/t19-,20-,29+/m0/s1. The van der Waals surface area contributed by atoms with Crippen LogP contribution >= 0.6 is 0 Å². The summed E-state index contributed by atoms with van der Waals surface area (Å²) in [5.74, 6) is 0.284. The van der Waals surface area contributed by atoms with Crippen molar-refractivity contribution < 1.29 is 41.7 Å². The van der Waals surface area contributed by atoms with Crippen LogP contribution < -0.4 is 24.8 Å². The quantitative estimate of drug-likeness (QED) is 0.338. The van der Waals surface area contributed by atoms with Gasteiger partial charge in [0.05, 0.1) is 30.5 Å². The molecule has 0 aromatic heterocycles. The average molecular weight is 643 g/mol. The third-order valence-electron chi connectivity index (χ3n) is 7.76. The summed E-state index contributed by atoms with van der Waals surface area (Å²) in [5, 5.41) is 15.4. The first-order valence-electron chi connectivity index (χ1n) is 14.3. The van der Waals surface area contributed by atoms with Crippen LogP contribution in [-0.4, -0.2) is 80.4 Å². The second kappa shape index (κ2) is 13.3. The zero-order chi connectivity index (χ0) is 32.3. The summed E-state index contributed by atoms with van der Waals surface area (Å²) >= 11 is 0. The summed E-state index contributed by atoms with van der Waals surface area (Å²) in [4.78, 5) is 27.8. The molecule has 2 heterocycles. The second-order valence-corrected chi connectivity index (χ2v) is 13.1. The van der Waals surface area contributed by atoms with E-state index in [4.69, 9.17) is 14.2 Å². The van der Waals surface area contributed by atoms with Crippen molar-refractivity contribution in [1.82, 2.24) is 9.21 Å². The molecule has 45 heavy (non-hydrogen) atoms. The topological polar surface area (TPSA) is 147 Å². The van der Waals surface area contributed by atoms with Crippen LogP contribution in [0.3, 0.4) is 0 Å². The molecule has 0 aliphatic carbocycles. The molecule has 0 saturated carbocycles. The number of likely N-dealkylation sites (N-methyl/N-ethyl adjacent to an activating group) is 1. The first kappa shape index (κ1) is 32.0. The van der Waals surface area contributed by atoms with E-state index in [9.17, 15) is 27.5 Å². The molecule has 3 aromatic carbocycles. The van der Waals surface area contributed by atoms with Crippen LogP contribution in [0.5, 0.6) is 17.2 Å². The fourth-order valence-corrected chi connectivity index (χ4v) is 6.31. The number of hydrogen-bond donors (Lipinski definition) is 3. The summed E-state index contributed by atoms with van der Waals surface area (Å²) < 4.78 is 58.2. The van der Waals surface area contributed by atoms with Gasteiger partial charge >= 0.3 is 6.03 Å². The van der Waals surface area contributed by atoms with Gasteiger partial charge in [-0.05, 0) is 61.5 Å². The molecule has 0 bridgehead atoms. The van der Waals surface area contributed by atoms with Gasteiger partial charge in [0.1, 0.15) is 17.7 Å². The lowest BCUT2D eigenvalue weighted by Gasteiger charge is -2.33. The number of sulfonamides is 1. The van der Waals surface area contributed by atoms with Crippen LogP contribution in [0.15, 0.2) is 65.6 Å². The number of halogens is 1. The highest BCUT2D eigenvalue weighted by Gasteiger charge is 2.33. The van der Waals surface area contributed by atoms with Gasteiger partial charge in [-0.3, -0.25) is 4.79 Å². The molecule has 0 radical (unpaired) electrons. The van der Waals surface area contributed by atoms with E-state index in [1.807, 2.05) is 6.92 Å². The highest BCUT2D eigenvalue weighted by atomic mass is 32.2. The molecule has 0 saturated heterocycles. The predicted octanol–water partition coefficient (Wildman–Crippen LogP) is 3.67.